The van der Waals surface area contributed by atoms with Crippen molar-refractivity contribution in [3.8, 4) is 0 Å². The SMILES string of the molecule is CN=C(NCCc1c[nH]c2ccc(Cl)cc12)NC1CCN(C2CC2)C1. The van der Waals surface area contributed by atoms with E-state index >= 15 is 0 Å². The first-order valence-corrected chi connectivity index (χ1v) is 9.57. The molecule has 2 aliphatic rings. The van der Waals surface area contributed by atoms with Crippen LogP contribution in [-0.2, 0) is 6.42 Å². The van der Waals surface area contributed by atoms with Gasteiger partial charge in [-0.1, -0.05) is 11.6 Å². The Hall–Kier alpha value is -1.72. The summed E-state index contributed by atoms with van der Waals surface area (Å²) in [6.45, 7) is 3.21. The number of aromatic nitrogens is 1. The molecule has 1 aliphatic carbocycles. The molecule has 1 unspecified atom stereocenters. The van der Waals surface area contributed by atoms with Gasteiger partial charge < -0.3 is 15.6 Å². The van der Waals surface area contributed by atoms with Gasteiger partial charge in [-0.15, -0.1) is 0 Å². The number of aromatic amines is 1. The molecule has 1 saturated heterocycles. The molecule has 1 aromatic carbocycles. The van der Waals surface area contributed by atoms with E-state index < -0.39 is 0 Å². The van der Waals surface area contributed by atoms with Crippen molar-refractivity contribution in [2.24, 2.45) is 4.99 Å². The summed E-state index contributed by atoms with van der Waals surface area (Å²) in [6.07, 6.45) is 6.98. The first-order chi connectivity index (χ1) is 12.2. The number of fused-ring (bicyclic) bond motifs is 1. The monoisotopic (exact) mass is 359 g/mol. The van der Waals surface area contributed by atoms with Gasteiger partial charge in [0, 0.05) is 60.9 Å². The van der Waals surface area contributed by atoms with Gasteiger partial charge in [0.05, 0.1) is 0 Å². The van der Waals surface area contributed by atoms with E-state index in [4.69, 9.17) is 11.6 Å². The molecule has 2 aromatic rings. The van der Waals surface area contributed by atoms with E-state index in [2.05, 4.69) is 31.7 Å². The third kappa shape index (κ3) is 3.93. The van der Waals surface area contributed by atoms with E-state index in [0.29, 0.717) is 6.04 Å². The van der Waals surface area contributed by atoms with Crippen LogP contribution >= 0.6 is 11.6 Å². The number of aliphatic imine (C=N–C) groups is 1. The number of nitrogens with one attached hydrogen (secondary N) is 3. The second kappa shape index (κ2) is 7.26. The number of nitrogens with zero attached hydrogens (tertiary/aromatic N) is 2. The number of halogens is 1. The summed E-state index contributed by atoms with van der Waals surface area (Å²) >= 11 is 6.13. The van der Waals surface area contributed by atoms with Crippen LogP contribution in [0.4, 0.5) is 0 Å². The maximum absolute atomic E-state index is 6.13. The zero-order valence-corrected chi connectivity index (χ0v) is 15.4. The molecule has 6 heteroatoms. The number of guanidine groups is 1. The number of benzene rings is 1. The molecule has 1 aliphatic heterocycles. The van der Waals surface area contributed by atoms with Crippen LogP contribution in [0.5, 0.6) is 0 Å². The molecular weight excluding hydrogens is 334 g/mol. The number of hydrogen-bond donors (Lipinski definition) is 3. The average molecular weight is 360 g/mol. The molecule has 5 nitrogen and oxygen atoms in total. The van der Waals surface area contributed by atoms with Crippen LogP contribution in [0.15, 0.2) is 29.4 Å². The van der Waals surface area contributed by atoms with Crippen molar-refractivity contribution in [2.75, 3.05) is 26.7 Å². The van der Waals surface area contributed by atoms with Crippen molar-refractivity contribution in [1.82, 2.24) is 20.5 Å². The van der Waals surface area contributed by atoms with Gasteiger partial charge >= 0.3 is 0 Å². The molecule has 1 atom stereocenters. The molecule has 1 aromatic heterocycles. The van der Waals surface area contributed by atoms with E-state index in [9.17, 15) is 0 Å². The Labute approximate surface area is 153 Å². The lowest BCUT2D eigenvalue weighted by Crippen LogP contribution is -2.45. The molecular formula is C19H26ClN5. The second-order valence-electron chi connectivity index (χ2n) is 7.11. The van der Waals surface area contributed by atoms with Crippen molar-refractivity contribution >= 4 is 28.5 Å². The standard InChI is InChI=1S/C19H26ClN5/c1-21-19(24-15-7-9-25(12-15)16-3-4-16)22-8-6-13-11-23-18-5-2-14(20)10-17(13)18/h2,5,10-11,15-16,23H,3-4,6-9,12H2,1H3,(H2,21,22,24). The molecule has 1 saturated carbocycles. The fraction of sp³-hybridized carbons (Fsp3) is 0.526. The molecule has 0 radical (unpaired) electrons. The van der Waals surface area contributed by atoms with E-state index in [1.807, 2.05) is 25.2 Å². The predicted molar refractivity (Wildman–Crippen MR) is 105 cm³/mol. The fourth-order valence-electron chi connectivity index (χ4n) is 3.74. The molecule has 25 heavy (non-hydrogen) atoms. The maximum atomic E-state index is 6.13. The summed E-state index contributed by atoms with van der Waals surface area (Å²) in [6, 6.07) is 7.34. The summed E-state index contributed by atoms with van der Waals surface area (Å²) in [5.74, 6) is 0.903. The Morgan fingerprint density at radius 1 is 1.36 bits per heavy atom. The number of likely N-dealkylation sites (tertiary alicyclic amines) is 1. The van der Waals surface area contributed by atoms with Crippen LogP contribution in [0.3, 0.4) is 0 Å². The van der Waals surface area contributed by atoms with E-state index in [0.717, 1.165) is 42.1 Å². The van der Waals surface area contributed by atoms with Gasteiger partial charge in [0.2, 0.25) is 0 Å². The Balaban J connectivity index is 1.28. The van der Waals surface area contributed by atoms with Gasteiger partial charge in [-0.3, -0.25) is 9.89 Å². The molecule has 0 amide bonds. The summed E-state index contributed by atoms with van der Waals surface area (Å²) in [7, 11) is 1.84. The molecule has 2 heterocycles. The summed E-state index contributed by atoms with van der Waals surface area (Å²) < 4.78 is 0. The second-order valence-corrected chi connectivity index (χ2v) is 7.55. The molecule has 0 bridgehead atoms. The van der Waals surface area contributed by atoms with Gasteiger partial charge in [-0.25, -0.2) is 0 Å². The van der Waals surface area contributed by atoms with Crippen LogP contribution in [0.1, 0.15) is 24.8 Å². The minimum atomic E-state index is 0.513. The summed E-state index contributed by atoms with van der Waals surface area (Å²) in [5.41, 5.74) is 2.41. The molecule has 4 rings (SSSR count). The number of rotatable bonds is 5. The van der Waals surface area contributed by atoms with Crippen LogP contribution < -0.4 is 10.6 Å². The highest BCUT2D eigenvalue weighted by molar-refractivity contribution is 6.31. The molecule has 3 N–H and O–H groups in total. The van der Waals surface area contributed by atoms with Gasteiger partial charge in [-0.2, -0.15) is 0 Å². The smallest absolute Gasteiger partial charge is 0.191 e. The Bertz CT molecular complexity index is 764. The van der Waals surface area contributed by atoms with Gasteiger partial charge in [0.15, 0.2) is 5.96 Å². The number of H-pyrrole nitrogens is 1. The highest BCUT2D eigenvalue weighted by Gasteiger charge is 2.34. The summed E-state index contributed by atoms with van der Waals surface area (Å²) in [4.78, 5) is 10.3. The highest BCUT2D eigenvalue weighted by Crippen LogP contribution is 2.29. The zero-order valence-electron chi connectivity index (χ0n) is 14.7. The third-order valence-corrected chi connectivity index (χ3v) is 5.50. The average Bonchev–Trinajstić information content (AvgIpc) is 3.24. The topological polar surface area (TPSA) is 55.5 Å². The minimum Gasteiger partial charge on any atom is -0.361 e. The quantitative estimate of drug-likeness (QED) is 0.568. The first kappa shape index (κ1) is 16.7. The fourth-order valence-corrected chi connectivity index (χ4v) is 3.91. The minimum absolute atomic E-state index is 0.513. The van der Waals surface area contributed by atoms with Crippen molar-refractivity contribution in [1.29, 1.82) is 0 Å². The van der Waals surface area contributed by atoms with Gasteiger partial charge in [-0.05, 0) is 49.4 Å². The lowest BCUT2D eigenvalue weighted by atomic mass is 10.1. The number of hydrogen-bond acceptors (Lipinski definition) is 2. The van der Waals surface area contributed by atoms with E-state index in [1.54, 1.807) is 0 Å². The third-order valence-electron chi connectivity index (χ3n) is 5.26. The molecule has 0 spiro atoms. The molecule has 2 fully saturated rings. The Morgan fingerprint density at radius 3 is 3.04 bits per heavy atom. The molecule has 134 valence electrons. The Kier molecular flexibility index (Phi) is 4.86. The van der Waals surface area contributed by atoms with Crippen LogP contribution in [0, 0.1) is 0 Å². The summed E-state index contributed by atoms with van der Waals surface area (Å²) in [5, 5.41) is 9.00. The highest BCUT2D eigenvalue weighted by atomic mass is 35.5. The predicted octanol–water partition coefficient (Wildman–Crippen LogP) is 2.77. The van der Waals surface area contributed by atoms with Crippen LogP contribution in [0.25, 0.3) is 10.9 Å². The maximum Gasteiger partial charge on any atom is 0.191 e. The first-order valence-electron chi connectivity index (χ1n) is 9.19. The van der Waals surface area contributed by atoms with E-state index in [1.165, 1.54) is 36.8 Å². The van der Waals surface area contributed by atoms with Gasteiger partial charge in [0.1, 0.15) is 0 Å². The largest absolute Gasteiger partial charge is 0.361 e. The Morgan fingerprint density at radius 2 is 2.24 bits per heavy atom. The van der Waals surface area contributed by atoms with E-state index in [-0.39, 0.29) is 0 Å². The van der Waals surface area contributed by atoms with Crippen molar-refractivity contribution in [3.63, 3.8) is 0 Å². The van der Waals surface area contributed by atoms with Gasteiger partial charge in [0.25, 0.3) is 0 Å². The van der Waals surface area contributed by atoms with Crippen molar-refractivity contribution in [3.05, 3.63) is 35.0 Å². The zero-order chi connectivity index (χ0) is 17.2. The van der Waals surface area contributed by atoms with Crippen molar-refractivity contribution in [2.45, 2.75) is 37.8 Å². The normalized spacial score (nSPS) is 21.8. The van der Waals surface area contributed by atoms with Crippen molar-refractivity contribution < 1.29 is 0 Å². The lowest BCUT2D eigenvalue weighted by molar-refractivity contribution is 0.321. The van der Waals surface area contributed by atoms with Crippen LogP contribution in [-0.4, -0.2) is 54.6 Å². The van der Waals surface area contributed by atoms with Crippen LogP contribution in [0.2, 0.25) is 5.02 Å². The lowest BCUT2D eigenvalue weighted by Gasteiger charge is -2.18.